The maximum atomic E-state index is 5.20. The van der Waals surface area contributed by atoms with Crippen LogP contribution < -0.4 is 10.6 Å². The van der Waals surface area contributed by atoms with Gasteiger partial charge in [-0.3, -0.25) is 4.68 Å². The summed E-state index contributed by atoms with van der Waals surface area (Å²) in [5.41, 5.74) is 2.16. The van der Waals surface area contributed by atoms with Gasteiger partial charge in [-0.25, -0.2) is 0 Å². The smallest absolute Gasteiger partial charge is 0.170 e. The topological polar surface area (TPSA) is 41.9 Å². The molecule has 94 valence electrons. The molecule has 2 N–H and O–H groups in total. The van der Waals surface area contributed by atoms with Gasteiger partial charge in [-0.05, 0) is 36.8 Å². The van der Waals surface area contributed by atoms with Gasteiger partial charge in [-0.1, -0.05) is 18.2 Å². The molecule has 0 bridgehead atoms. The largest absolute Gasteiger partial charge is 0.361 e. The van der Waals surface area contributed by atoms with E-state index in [2.05, 4.69) is 15.7 Å². The van der Waals surface area contributed by atoms with Gasteiger partial charge in [0.15, 0.2) is 5.11 Å². The highest BCUT2D eigenvalue weighted by Crippen LogP contribution is 2.04. The third kappa shape index (κ3) is 3.85. The van der Waals surface area contributed by atoms with Crippen LogP contribution in [0.1, 0.15) is 5.56 Å². The fraction of sp³-hybridized carbons (Fsp3) is 0.231. The molecule has 0 unspecified atom stereocenters. The van der Waals surface area contributed by atoms with Crippen LogP contribution in [0, 0.1) is 6.92 Å². The first-order chi connectivity index (χ1) is 8.74. The number of nitrogens with one attached hydrogen (secondary N) is 2. The van der Waals surface area contributed by atoms with Crippen molar-refractivity contribution in [3.63, 3.8) is 0 Å². The average Bonchev–Trinajstić information content (AvgIpc) is 2.76. The Labute approximate surface area is 112 Å². The summed E-state index contributed by atoms with van der Waals surface area (Å²) in [7, 11) is 0. The van der Waals surface area contributed by atoms with E-state index in [1.54, 1.807) is 0 Å². The summed E-state index contributed by atoms with van der Waals surface area (Å²) < 4.78 is 1.90. The summed E-state index contributed by atoms with van der Waals surface area (Å²) in [6, 6.07) is 9.87. The maximum Gasteiger partial charge on any atom is 0.170 e. The van der Waals surface area contributed by atoms with Crippen LogP contribution in [0.4, 0.5) is 5.69 Å². The van der Waals surface area contributed by atoms with Crippen molar-refractivity contribution < 1.29 is 0 Å². The van der Waals surface area contributed by atoms with Crippen molar-refractivity contribution >= 4 is 23.0 Å². The molecule has 2 rings (SSSR count). The van der Waals surface area contributed by atoms with E-state index in [0.717, 1.165) is 18.8 Å². The number of aryl methyl sites for hydroxylation is 1. The van der Waals surface area contributed by atoms with Crippen LogP contribution >= 0.6 is 12.2 Å². The van der Waals surface area contributed by atoms with Gasteiger partial charge in [-0.2, -0.15) is 5.10 Å². The van der Waals surface area contributed by atoms with Crippen molar-refractivity contribution in [2.75, 3.05) is 11.9 Å². The lowest BCUT2D eigenvalue weighted by atomic mass is 10.3. The minimum atomic E-state index is 0.630. The van der Waals surface area contributed by atoms with Gasteiger partial charge in [0.2, 0.25) is 0 Å². The second kappa shape index (κ2) is 6.16. The van der Waals surface area contributed by atoms with E-state index in [9.17, 15) is 0 Å². The molecule has 0 spiro atoms. The first-order valence-corrected chi connectivity index (χ1v) is 6.24. The molecule has 0 saturated carbocycles. The molecule has 0 fully saturated rings. The second-order valence-electron chi connectivity index (χ2n) is 4.03. The van der Waals surface area contributed by atoms with Gasteiger partial charge in [0.1, 0.15) is 0 Å². The van der Waals surface area contributed by atoms with Crippen LogP contribution in [0.2, 0.25) is 0 Å². The number of nitrogens with zero attached hydrogens (tertiary/aromatic N) is 2. The number of hydrogen-bond donors (Lipinski definition) is 2. The highest BCUT2D eigenvalue weighted by Gasteiger charge is 1.97. The molecule has 0 saturated heterocycles. The highest BCUT2D eigenvalue weighted by molar-refractivity contribution is 7.80. The second-order valence-corrected chi connectivity index (χ2v) is 4.44. The molecular formula is C13H16N4S. The number of hydrogen-bond acceptors (Lipinski definition) is 2. The molecule has 18 heavy (non-hydrogen) atoms. The van der Waals surface area contributed by atoms with Gasteiger partial charge >= 0.3 is 0 Å². The fourth-order valence-corrected chi connectivity index (χ4v) is 1.79. The van der Waals surface area contributed by atoms with Crippen LogP contribution in [-0.4, -0.2) is 21.4 Å². The number of para-hydroxylation sites is 1. The average molecular weight is 260 g/mol. The molecule has 1 aromatic heterocycles. The molecule has 2 aromatic rings. The number of thiocarbonyl (C=S) groups is 1. The van der Waals surface area contributed by atoms with E-state index in [1.807, 2.05) is 54.3 Å². The Hall–Kier alpha value is -1.88. The van der Waals surface area contributed by atoms with Gasteiger partial charge in [0.25, 0.3) is 0 Å². The molecule has 0 aliphatic heterocycles. The van der Waals surface area contributed by atoms with Crippen molar-refractivity contribution in [1.82, 2.24) is 15.1 Å². The summed E-state index contributed by atoms with van der Waals surface area (Å²) in [6.07, 6.45) is 3.86. The van der Waals surface area contributed by atoms with E-state index in [4.69, 9.17) is 12.2 Å². The zero-order valence-corrected chi connectivity index (χ0v) is 11.1. The number of aromatic nitrogens is 2. The third-order valence-electron chi connectivity index (χ3n) is 2.42. The Balaban J connectivity index is 1.72. The minimum absolute atomic E-state index is 0.630. The van der Waals surface area contributed by atoms with Crippen LogP contribution in [0.3, 0.4) is 0 Å². The predicted octanol–water partition coefficient (Wildman–Crippen LogP) is 2.18. The molecule has 0 amide bonds. The predicted molar refractivity (Wildman–Crippen MR) is 77.6 cm³/mol. The van der Waals surface area contributed by atoms with Crippen molar-refractivity contribution in [2.24, 2.45) is 0 Å². The van der Waals surface area contributed by atoms with Gasteiger partial charge in [0.05, 0.1) is 12.7 Å². The van der Waals surface area contributed by atoms with Crippen LogP contribution in [0.5, 0.6) is 0 Å². The van der Waals surface area contributed by atoms with Crippen molar-refractivity contribution in [2.45, 2.75) is 13.5 Å². The van der Waals surface area contributed by atoms with E-state index in [0.29, 0.717) is 5.11 Å². The molecule has 5 heteroatoms. The molecule has 0 aliphatic carbocycles. The number of anilines is 1. The molecule has 0 radical (unpaired) electrons. The minimum Gasteiger partial charge on any atom is -0.361 e. The van der Waals surface area contributed by atoms with E-state index < -0.39 is 0 Å². The quantitative estimate of drug-likeness (QED) is 0.827. The molecule has 4 nitrogen and oxygen atoms in total. The molecular weight excluding hydrogens is 244 g/mol. The maximum absolute atomic E-state index is 5.20. The Morgan fingerprint density at radius 1 is 1.33 bits per heavy atom. The van der Waals surface area contributed by atoms with Crippen molar-refractivity contribution in [3.8, 4) is 0 Å². The number of benzene rings is 1. The van der Waals surface area contributed by atoms with Crippen molar-refractivity contribution in [1.29, 1.82) is 0 Å². The lowest BCUT2D eigenvalue weighted by Gasteiger charge is -2.10. The van der Waals surface area contributed by atoms with E-state index in [-0.39, 0.29) is 0 Å². The Kier molecular flexibility index (Phi) is 4.30. The zero-order valence-electron chi connectivity index (χ0n) is 10.3. The Bertz CT molecular complexity index is 507. The first kappa shape index (κ1) is 12.6. The summed E-state index contributed by atoms with van der Waals surface area (Å²) in [5, 5.41) is 11.1. The lowest BCUT2D eigenvalue weighted by Crippen LogP contribution is -2.31. The van der Waals surface area contributed by atoms with Gasteiger partial charge < -0.3 is 10.6 Å². The number of rotatable bonds is 4. The summed E-state index contributed by atoms with van der Waals surface area (Å²) in [5.74, 6) is 0. The third-order valence-corrected chi connectivity index (χ3v) is 2.67. The summed E-state index contributed by atoms with van der Waals surface area (Å²) >= 11 is 5.20. The van der Waals surface area contributed by atoms with Crippen molar-refractivity contribution in [3.05, 3.63) is 48.3 Å². The lowest BCUT2D eigenvalue weighted by molar-refractivity contribution is 0.604. The van der Waals surface area contributed by atoms with E-state index in [1.165, 1.54) is 5.56 Å². The standard InChI is InChI=1S/C13H16N4S/c1-11-9-15-17(10-11)8-7-14-13(18)16-12-5-3-2-4-6-12/h2-6,9-10H,7-8H2,1H3,(H2,14,16,18). The summed E-state index contributed by atoms with van der Waals surface area (Å²) in [6.45, 7) is 3.57. The van der Waals surface area contributed by atoms with Gasteiger partial charge in [0, 0.05) is 18.4 Å². The van der Waals surface area contributed by atoms with Crippen LogP contribution in [0.15, 0.2) is 42.7 Å². The van der Waals surface area contributed by atoms with Crippen LogP contribution in [0.25, 0.3) is 0 Å². The monoisotopic (exact) mass is 260 g/mol. The SMILES string of the molecule is Cc1cnn(CCNC(=S)Nc2ccccc2)c1. The molecule has 1 aromatic carbocycles. The highest BCUT2D eigenvalue weighted by atomic mass is 32.1. The normalized spacial score (nSPS) is 10.1. The first-order valence-electron chi connectivity index (χ1n) is 5.83. The van der Waals surface area contributed by atoms with Crippen LogP contribution in [-0.2, 0) is 6.54 Å². The molecule has 0 atom stereocenters. The zero-order chi connectivity index (χ0) is 12.8. The Morgan fingerprint density at radius 2 is 2.11 bits per heavy atom. The van der Waals surface area contributed by atoms with E-state index >= 15 is 0 Å². The summed E-state index contributed by atoms with van der Waals surface area (Å²) in [4.78, 5) is 0. The fourth-order valence-electron chi connectivity index (χ4n) is 1.57. The molecule has 0 aliphatic rings. The Morgan fingerprint density at radius 3 is 2.78 bits per heavy atom. The molecule has 1 heterocycles. The van der Waals surface area contributed by atoms with Gasteiger partial charge in [-0.15, -0.1) is 0 Å².